The molecule has 4 nitrogen and oxygen atoms in total. The minimum atomic E-state index is -0.278. The van der Waals surface area contributed by atoms with Crippen LogP contribution in [0.5, 0.6) is 11.5 Å². The second-order valence-electron chi connectivity index (χ2n) is 5.88. The molecule has 0 saturated heterocycles. The third kappa shape index (κ3) is 4.99. The number of amides is 1. The van der Waals surface area contributed by atoms with Gasteiger partial charge < -0.3 is 14.8 Å². The molecule has 0 fully saturated rings. The maximum Gasteiger partial charge on any atom is 0.244 e. The Balaban J connectivity index is 1.56. The zero-order chi connectivity index (χ0) is 18.4. The minimum Gasteiger partial charge on any atom is -0.489 e. The number of fused-ring (bicyclic) bond motifs is 1. The number of carbonyl (C=O) groups is 1. The normalized spacial score (nSPS) is 13.5. The summed E-state index contributed by atoms with van der Waals surface area (Å²) in [5.74, 6) is 0.617. The summed E-state index contributed by atoms with van der Waals surface area (Å²) in [6.45, 7) is 1.56. The summed E-state index contributed by atoms with van der Waals surface area (Å²) in [7, 11) is 0. The molecule has 1 N–H and O–H groups in total. The lowest BCUT2D eigenvalue weighted by molar-refractivity contribution is -0.116. The van der Waals surface area contributed by atoms with Gasteiger partial charge in [-0.1, -0.05) is 23.7 Å². The fraction of sp³-hybridized carbons (Fsp3) is 0.250. The van der Waals surface area contributed by atoms with Crippen molar-refractivity contribution in [2.75, 3.05) is 19.8 Å². The second kappa shape index (κ2) is 8.72. The van der Waals surface area contributed by atoms with Crippen molar-refractivity contribution in [2.24, 2.45) is 0 Å². The van der Waals surface area contributed by atoms with E-state index in [2.05, 4.69) is 5.32 Å². The van der Waals surface area contributed by atoms with Gasteiger partial charge in [-0.05, 0) is 47.9 Å². The number of halogens is 2. The van der Waals surface area contributed by atoms with Crippen LogP contribution in [0.3, 0.4) is 0 Å². The van der Waals surface area contributed by atoms with Crippen molar-refractivity contribution in [1.29, 1.82) is 0 Å². The average Bonchev–Trinajstić information content (AvgIpc) is 2.86. The van der Waals surface area contributed by atoms with Crippen LogP contribution in [0.1, 0.15) is 17.5 Å². The predicted octanol–water partition coefficient (Wildman–Crippen LogP) is 4.01. The summed E-state index contributed by atoms with van der Waals surface area (Å²) in [4.78, 5) is 11.9. The molecule has 1 amide bonds. The quantitative estimate of drug-likeness (QED) is 0.803. The van der Waals surface area contributed by atoms with Crippen molar-refractivity contribution in [3.8, 4) is 11.5 Å². The molecule has 0 atom stereocenters. The number of rotatable bonds is 5. The van der Waals surface area contributed by atoms with Crippen LogP contribution in [0.2, 0.25) is 5.02 Å². The lowest BCUT2D eigenvalue weighted by Crippen LogP contribution is -2.23. The molecule has 1 aliphatic heterocycles. The summed E-state index contributed by atoms with van der Waals surface area (Å²) in [5.41, 5.74) is 1.59. The van der Waals surface area contributed by atoms with E-state index in [9.17, 15) is 9.18 Å². The van der Waals surface area contributed by atoms with E-state index in [1.807, 2.05) is 6.07 Å². The number of hydrogen-bond donors (Lipinski definition) is 1. The Morgan fingerprint density at radius 3 is 2.92 bits per heavy atom. The van der Waals surface area contributed by atoms with Crippen molar-refractivity contribution in [2.45, 2.75) is 12.8 Å². The topological polar surface area (TPSA) is 47.6 Å². The third-order valence-electron chi connectivity index (χ3n) is 3.85. The molecule has 0 spiro atoms. The number of carbonyl (C=O) groups excluding carboxylic acids is 1. The van der Waals surface area contributed by atoms with Gasteiger partial charge in [0, 0.05) is 19.0 Å². The smallest absolute Gasteiger partial charge is 0.244 e. The maximum atomic E-state index is 13.1. The molecule has 0 unspecified atom stereocenters. The minimum absolute atomic E-state index is 0.232. The van der Waals surface area contributed by atoms with E-state index in [-0.39, 0.29) is 11.7 Å². The van der Waals surface area contributed by atoms with Gasteiger partial charge >= 0.3 is 0 Å². The molecule has 6 heteroatoms. The van der Waals surface area contributed by atoms with Crippen molar-refractivity contribution in [1.82, 2.24) is 5.32 Å². The van der Waals surface area contributed by atoms with E-state index in [1.165, 1.54) is 18.2 Å². The molecule has 0 radical (unpaired) electrons. The van der Waals surface area contributed by atoms with Crippen LogP contribution >= 0.6 is 11.6 Å². The predicted molar refractivity (Wildman–Crippen MR) is 99.2 cm³/mol. The Labute approximate surface area is 156 Å². The highest BCUT2D eigenvalue weighted by Crippen LogP contribution is 2.38. The Hall–Kier alpha value is -2.53. The van der Waals surface area contributed by atoms with Crippen molar-refractivity contribution in [3.05, 3.63) is 64.4 Å². The first-order valence-electron chi connectivity index (χ1n) is 8.41. The van der Waals surface area contributed by atoms with E-state index in [0.717, 1.165) is 17.5 Å². The maximum absolute atomic E-state index is 13.1. The number of hydrogen-bond acceptors (Lipinski definition) is 3. The van der Waals surface area contributed by atoms with Crippen LogP contribution in [0.15, 0.2) is 42.5 Å². The Kier molecular flexibility index (Phi) is 6.12. The Morgan fingerprint density at radius 2 is 2.08 bits per heavy atom. The van der Waals surface area contributed by atoms with Gasteiger partial charge in [0.1, 0.15) is 5.82 Å². The summed E-state index contributed by atoms with van der Waals surface area (Å²) in [6.07, 6.45) is 4.45. The SMILES string of the molecule is O=C(/C=C/c1cc(Cl)c2c(c1)OCCCO2)NCCc1cccc(F)c1. The fourth-order valence-electron chi connectivity index (χ4n) is 2.60. The van der Waals surface area contributed by atoms with Crippen molar-refractivity contribution < 1.29 is 18.7 Å². The monoisotopic (exact) mass is 375 g/mol. The molecular weight excluding hydrogens is 357 g/mol. The van der Waals surface area contributed by atoms with E-state index in [4.69, 9.17) is 21.1 Å². The van der Waals surface area contributed by atoms with Gasteiger partial charge in [0.05, 0.1) is 18.2 Å². The molecular formula is C20H19ClFNO3. The summed E-state index contributed by atoms with van der Waals surface area (Å²) in [5, 5.41) is 3.22. The molecule has 0 bridgehead atoms. The second-order valence-corrected chi connectivity index (χ2v) is 6.29. The van der Waals surface area contributed by atoms with Crippen molar-refractivity contribution >= 4 is 23.6 Å². The molecule has 2 aromatic carbocycles. The average molecular weight is 376 g/mol. The van der Waals surface area contributed by atoms with Crippen LogP contribution in [0.25, 0.3) is 6.08 Å². The lowest BCUT2D eigenvalue weighted by Gasteiger charge is -2.10. The van der Waals surface area contributed by atoms with E-state index >= 15 is 0 Å². The molecule has 3 rings (SSSR count). The van der Waals surface area contributed by atoms with Crippen molar-refractivity contribution in [3.63, 3.8) is 0 Å². The molecule has 136 valence electrons. The summed E-state index contributed by atoms with van der Waals surface area (Å²) in [6, 6.07) is 9.85. The Bertz CT molecular complexity index is 823. The highest BCUT2D eigenvalue weighted by Gasteiger charge is 2.14. The van der Waals surface area contributed by atoms with Crippen LogP contribution in [-0.2, 0) is 11.2 Å². The van der Waals surface area contributed by atoms with E-state index < -0.39 is 0 Å². The van der Waals surface area contributed by atoms with E-state index in [0.29, 0.717) is 42.7 Å². The molecule has 1 aliphatic rings. The van der Waals surface area contributed by atoms with Gasteiger partial charge in [0.2, 0.25) is 5.91 Å². The van der Waals surface area contributed by atoms with Gasteiger partial charge in [-0.3, -0.25) is 4.79 Å². The molecule has 0 saturated carbocycles. The Morgan fingerprint density at radius 1 is 1.23 bits per heavy atom. The fourth-order valence-corrected chi connectivity index (χ4v) is 2.87. The molecule has 1 heterocycles. The number of nitrogens with one attached hydrogen (secondary N) is 1. The van der Waals surface area contributed by atoms with Crippen LogP contribution in [-0.4, -0.2) is 25.7 Å². The van der Waals surface area contributed by atoms with Gasteiger partial charge in [0.15, 0.2) is 11.5 Å². The summed E-state index contributed by atoms with van der Waals surface area (Å²) >= 11 is 6.23. The molecule has 0 aromatic heterocycles. The standard InChI is InChI=1S/C20H19ClFNO3/c21-17-12-15(13-18-20(17)26-10-2-9-25-18)5-6-19(24)23-8-7-14-3-1-4-16(22)11-14/h1,3-6,11-13H,2,7-10H2,(H,23,24)/b6-5+. The van der Waals surface area contributed by atoms with Crippen LogP contribution in [0, 0.1) is 5.82 Å². The summed E-state index contributed by atoms with van der Waals surface area (Å²) < 4.78 is 24.3. The molecule has 26 heavy (non-hydrogen) atoms. The molecule has 2 aromatic rings. The third-order valence-corrected chi connectivity index (χ3v) is 4.13. The lowest BCUT2D eigenvalue weighted by atomic mass is 10.1. The highest BCUT2D eigenvalue weighted by molar-refractivity contribution is 6.32. The molecule has 0 aliphatic carbocycles. The first-order valence-corrected chi connectivity index (χ1v) is 8.79. The zero-order valence-corrected chi connectivity index (χ0v) is 14.9. The highest BCUT2D eigenvalue weighted by atomic mass is 35.5. The van der Waals surface area contributed by atoms with E-state index in [1.54, 1.807) is 24.3 Å². The van der Waals surface area contributed by atoms with Gasteiger partial charge in [0.25, 0.3) is 0 Å². The zero-order valence-electron chi connectivity index (χ0n) is 14.1. The van der Waals surface area contributed by atoms with Crippen LogP contribution in [0.4, 0.5) is 4.39 Å². The number of ether oxygens (including phenoxy) is 2. The first-order chi connectivity index (χ1) is 12.6. The number of benzene rings is 2. The van der Waals surface area contributed by atoms with Crippen LogP contribution < -0.4 is 14.8 Å². The van der Waals surface area contributed by atoms with Gasteiger partial charge in [-0.25, -0.2) is 4.39 Å². The largest absolute Gasteiger partial charge is 0.489 e. The first kappa shape index (κ1) is 18.3. The van der Waals surface area contributed by atoms with Gasteiger partial charge in [-0.2, -0.15) is 0 Å². The van der Waals surface area contributed by atoms with Gasteiger partial charge in [-0.15, -0.1) is 0 Å².